The molecule has 0 aliphatic heterocycles. The molecule has 0 saturated heterocycles. The maximum atomic E-state index is 5.68. The van der Waals surface area contributed by atoms with E-state index in [-0.39, 0.29) is 11.0 Å². The van der Waals surface area contributed by atoms with Gasteiger partial charge in [-0.1, -0.05) is 34.8 Å². The van der Waals surface area contributed by atoms with Crippen LogP contribution in [-0.4, -0.2) is 18.8 Å². The largest absolute Gasteiger partial charge is 0.412 e. The Morgan fingerprint density at radius 3 is 1.64 bits per heavy atom. The maximum Gasteiger partial charge on any atom is 0.114 e. The standard InChI is InChI=1S/C8H9B.2H2O/c1-6-4-3-5-7(2)8(6)9;;/h3-5H,1-2H3;2*1H2. The maximum absolute atomic E-state index is 5.68. The van der Waals surface area contributed by atoms with Gasteiger partial charge in [-0.25, -0.2) is 0 Å². The van der Waals surface area contributed by atoms with Gasteiger partial charge in [0.25, 0.3) is 0 Å². The molecule has 4 N–H and O–H groups in total. The van der Waals surface area contributed by atoms with Gasteiger partial charge in [-0.2, -0.15) is 0 Å². The van der Waals surface area contributed by atoms with Crippen LogP contribution in [0.3, 0.4) is 0 Å². The molecule has 0 unspecified atom stereocenters. The second-order valence-corrected chi connectivity index (χ2v) is 2.31. The van der Waals surface area contributed by atoms with Crippen LogP contribution >= 0.6 is 0 Å². The number of aryl methyl sites for hydroxylation is 2. The number of hydrogen-bond acceptors (Lipinski definition) is 0. The van der Waals surface area contributed by atoms with Crippen LogP contribution < -0.4 is 5.46 Å². The van der Waals surface area contributed by atoms with Gasteiger partial charge in [0, 0.05) is 0 Å². The van der Waals surface area contributed by atoms with Crippen LogP contribution in [0.2, 0.25) is 0 Å². The first kappa shape index (κ1) is 12.8. The van der Waals surface area contributed by atoms with Crippen molar-refractivity contribution in [3.05, 3.63) is 29.3 Å². The van der Waals surface area contributed by atoms with Crippen LogP contribution in [0.1, 0.15) is 11.1 Å². The van der Waals surface area contributed by atoms with Gasteiger partial charge in [-0.3, -0.25) is 0 Å². The monoisotopic (exact) mass is 152 g/mol. The van der Waals surface area contributed by atoms with Crippen LogP contribution in [0, 0.1) is 13.8 Å². The molecule has 0 aromatic heterocycles. The summed E-state index contributed by atoms with van der Waals surface area (Å²) in [6, 6.07) is 6.05. The van der Waals surface area contributed by atoms with E-state index >= 15 is 0 Å². The molecular weight excluding hydrogens is 139 g/mol. The predicted molar refractivity (Wildman–Crippen MR) is 48.5 cm³/mol. The highest BCUT2D eigenvalue weighted by Gasteiger charge is 1.91. The van der Waals surface area contributed by atoms with Crippen molar-refractivity contribution in [1.82, 2.24) is 0 Å². The summed E-state index contributed by atoms with van der Waals surface area (Å²) in [6.07, 6.45) is 0. The van der Waals surface area contributed by atoms with Crippen LogP contribution in [0.15, 0.2) is 18.2 Å². The molecular formula is C8H13BO2. The Kier molecular flexibility index (Phi) is 5.76. The van der Waals surface area contributed by atoms with Gasteiger partial charge >= 0.3 is 0 Å². The van der Waals surface area contributed by atoms with Crippen molar-refractivity contribution < 1.29 is 11.0 Å². The zero-order chi connectivity index (χ0) is 6.85. The molecule has 0 amide bonds. The molecule has 0 saturated carbocycles. The first-order chi connectivity index (χ1) is 4.22. The topological polar surface area (TPSA) is 63.0 Å². The third-order valence-electron chi connectivity index (χ3n) is 1.54. The van der Waals surface area contributed by atoms with E-state index in [0.717, 1.165) is 16.6 Å². The summed E-state index contributed by atoms with van der Waals surface area (Å²) in [5.74, 6) is 0. The Morgan fingerprint density at radius 2 is 1.36 bits per heavy atom. The third kappa shape index (κ3) is 2.74. The molecule has 2 radical (unpaired) electrons. The Bertz CT molecular complexity index is 203. The molecule has 0 fully saturated rings. The molecule has 11 heavy (non-hydrogen) atoms. The average molecular weight is 152 g/mol. The second-order valence-electron chi connectivity index (χ2n) is 2.31. The predicted octanol–water partition coefficient (Wildman–Crippen LogP) is -0.552. The summed E-state index contributed by atoms with van der Waals surface area (Å²) >= 11 is 0. The van der Waals surface area contributed by atoms with E-state index in [0.29, 0.717) is 0 Å². The molecule has 60 valence electrons. The van der Waals surface area contributed by atoms with Crippen LogP contribution in [-0.2, 0) is 0 Å². The van der Waals surface area contributed by atoms with Gasteiger partial charge in [-0.15, -0.1) is 0 Å². The van der Waals surface area contributed by atoms with Crippen molar-refractivity contribution in [3.63, 3.8) is 0 Å². The molecule has 0 aliphatic carbocycles. The minimum atomic E-state index is 0. The molecule has 1 aromatic rings. The lowest BCUT2D eigenvalue weighted by atomic mass is 9.87. The normalized spacial score (nSPS) is 7.82. The summed E-state index contributed by atoms with van der Waals surface area (Å²) in [5.41, 5.74) is 3.24. The molecule has 0 bridgehead atoms. The van der Waals surface area contributed by atoms with Crippen molar-refractivity contribution in [2.24, 2.45) is 0 Å². The van der Waals surface area contributed by atoms with Crippen LogP contribution in [0.4, 0.5) is 0 Å². The van der Waals surface area contributed by atoms with Gasteiger partial charge in [0.05, 0.1) is 0 Å². The molecule has 0 heterocycles. The van der Waals surface area contributed by atoms with Crippen LogP contribution in [0.25, 0.3) is 0 Å². The fourth-order valence-electron chi connectivity index (χ4n) is 0.827. The Hall–Kier alpha value is -0.795. The van der Waals surface area contributed by atoms with E-state index in [1.807, 2.05) is 32.0 Å². The second kappa shape index (κ2) is 4.94. The highest BCUT2D eigenvalue weighted by Crippen LogP contribution is 1.96. The van der Waals surface area contributed by atoms with Crippen molar-refractivity contribution in [2.45, 2.75) is 13.8 Å². The molecule has 0 aliphatic rings. The zero-order valence-corrected chi connectivity index (χ0v) is 6.81. The Labute approximate surface area is 68.3 Å². The van der Waals surface area contributed by atoms with E-state index in [4.69, 9.17) is 7.85 Å². The van der Waals surface area contributed by atoms with E-state index in [1.54, 1.807) is 0 Å². The molecule has 3 heteroatoms. The first-order valence-electron chi connectivity index (χ1n) is 3.03. The fourth-order valence-corrected chi connectivity index (χ4v) is 0.827. The number of benzene rings is 1. The van der Waals surface area contributed by atoms with E-state index in [1.165, 1.54) is 0 Å². The third-order valence-corrected chi connectivity index (χ3v) is 1.54. The summed E-state index contributed by atoms with van der Waals surface area (Å²) in [6.45, 7) is 4.03. The van der Waals surface area contributed by atoms with Gasteiger partial charge < -0.3 is 11.0 Å². The summed E-state index contributed by atoms with van der Waals surface area (Å²) in [5, 5.41) is 0. The summed E-state index contributed by atoms with van der Waals surface area (Å²) in [7, 11) is 5.68. The van der Waals surface area contributed by atoms with Crippen molar-refractivity contribution in [3.8, 4) is 0 Å². The van der Waals surface area contributed by atoms with E-state index in [2.05, 4.69) is 0 Å². The van der Waals surface area contributed by atoms with E-state index < -0.39 is 0 Å². The molecule has 0 spiro atoms. The lowest BCUT2D eigenvalue weighted by Gasteiger charge is -2.01. The molecule has 1 rings (SSSR count). The van der Waals surface area contributed by atoms with E-state index in [9.17, 15) is 0 Å². The SMILES string of the molecule is O.O.[B]c1c(C)cccc1C. The summed E-state index contributed by atoms with van der Waals surface area (Å²) < 4.78 is 0. The number of rotatable bonds is 0. The number of hydrogen-bond donors (Lipinski definition) is 0. The lowest BCUT2D eigenvalue weighted by molar-refractivity contribution is 0.823. The zero-order valence-electron chi connectivity index (χ0n) is 6.81. The molecule has 1 aromatic carbocycles. The van der Waals surface area contributed by atoms with Crippen molar-refractivity contribution in [2.75, 3.05) is 0 Å². The summed E-state index contributed by atoms with van der Waals surface area (Å²) in [4.78, 5) is 0. The Balaban J connectivity index is 0. The van der Waals surface area contributed by atoms with Gasteiger partial charge in [0.2, 0.25) is 0 Å². The quantitative estimate of drug-likeness (QED) is 0.447. The van der Waals surface area contributed by atoms with Gasteiger partial charge in [0.15, 0.2) is 0 Å². The van der Waals surface area contributed by atoms with Gasteiger partial charge in [0.1, 0.15) is 7.85 Å². The van der Waals surface area contributed by atoms with Crippen LogP contribution in [0.5, 0.6) is 0 Å². The first-order valence-corrected chi connectivity index (χ1v) is 3.03. The highest BCUT2D eigenvalue weighted by molar-refractivity contribution is 6.34. The Morgan fingerprint density at radius 1 is 1.00 bits per heavy atom. The van der Waals surface area contributed by atoms with Gasteiger partial charge in [-0.05, 0) is 13.8 Å². The molecule has 0 atom stereocenters. The minimum absolute atomic E-state index is 0. The highest BCUT2D eigenvalue weighted by atomic mass is 16.0. The van der Waals surface area contributed by atoms with Crippen molar-refractivity contribution >= 4 is 13.3 Å². The fraction of sp³-hybridized carbons (Fsp3) is 0.250. The lowest BCUT2D eigenvalue weighted by Crippen LogP contribution is -2.10. The molecule has 2 nitrogen and oxygen atoms in total. The smallest absolute Gasteiger partial charge is 0.114 e. The van der Waals surface area contributed by atoms with Crippen molar-refractivity contribution in [1.29, 1.82) is 0 Å². The minimum Gasteiger partial charge on any atom is -0.412 e. The average Bonchev–Trinajstić information content (AvgIpc) is 1.83.